The molecule has 15 nitrogen and oxygen atoms in total. The molecule has 0 unspecified atom stereocenters. The Morgan fingerprint density at radius 3 is 1.49 bits per heavy atom. The van der Waals surface area contributed by atoms with Crippen molar-refractivity contribution in [3.8, 4) is 0 Å². The summed E-state index contributed by atoms with van der Waals surface area (Å²) in [5.41, 5.74) is -5.27. The Balaban J connectivity index is 0.000000450. The second-order valence-corrected chi connectivity index (χ2v) is 10.1. The molecule has 0 bridgehead atoms. The Labute approximate surface area is 256 Å². The molecule has 0 saturated carbocycles. The van der Waals surface area contributed by atoms with Crippen LogP contribution in [0.25, 0.3) is 0 Å². The molecule has 0 saturated heterocycles. The summed E-state index contributed by atoms with van der Waals surface area (Å²) in [6.07, 6.45) is 6.96. The fraction of sp³-hybridized carbons (Fsp3) is 0.571. The van der Waals surface area contributed by atoms with Gasteiger partial charge in [0.1, 0.15) is 0 Å². The van der Waals surface area contributed by atoms with E-state index in [4.69, 9.17) is 0 Å². The van der Waals surface area contributed by atoms with E-state index in [-0.39, 0.29) is 9.13 Å². The van der Waals surface area contributed by atoms with Gasteiger partial charge in [-0.1, -0.05) is 66.2 Å². The number of hydrogen-bond donors (Lipinski definition) is 2. The van der Waals surface area contributed by atoms with Crippen molar-refractivity contribution in [2.75, 3.05) is 20.2 Å². The zero-order chi connectivity index (χ0) is 34.3. The van der Waals surface area contributed by atoms with Gasteiger partial charge in [0.15, 0.2) is 0 Å². The van der Waals surface area contributed by atoms with Gasteiger partial charge in [-0.2, -0.15) is 17.9 Å². The second kappa shape index (κ2) is 18.9. The normalized spacial score (nSPS) is 10.6. The molecule has 17 heteroatoms. The minimum Gasteiger partial charge on any atom is -0.452 e. The van der Waals surface area contributed by atoms with Crippen molar-refractivity contribution in [2.45, 2.75) is 79.1 Å². The van der Waals surface area contributed by atoms with Crippen LogP contribution >= 0.6 is 0 Å². The van der Waals surface area contributed by atoms with Crippen LogP contribution in [0.15, 0.2) is 31.6 Å². The van der Waals surface area contributed by atoms with E-state index in [1.807, 2.05) is 6.92 Å². The van der Waals surface area contributed by atoms with Crippen LogP contribution in [0.5, 0.6) is 0 Å². The Morgan fingerprint density at radius 2 is 1.11 bits per heavy atom. The predicted molar refractivity (Wildman–Crippen MR) is 159 cm³/mol. The fourth-order valence-electron chi connectivity index (χ4n) is 3.71. The van der Waals surface area contributed by atoms with Crippen molar-refractivity contribution in [3.63, 3.8) is 0 Å². The molecular formula is C28H40F2N6O9. The molecule has 0 aliphatic carbocycles. The zero-order valence-electron chi connectivity index (χ0n) is 26.0. The van der Waals surface area contributed by atoms with Crippen LogP contribution in [-0.2, 0) is 4.74 Å². The molecule has 2 rings (SSSR count). The number of hydrogen-bond acceptors (Lipinski definition) is 9. The maximum absolute atomic E-state index is 13.7. The van der Waals surface area contributed by atoms with Crippen LogP contribution in [0.4, 0.5) is 23.2 Å². The Morgan fingerprint density at radius 1 is 0.711 bits per heavy atom. The van der Waals surface area contributed by atoms with E-state index >= 15 is 0 Å². The number of nitrogens with one attached hydrogen (secondary N) is 2. The second-order valence-electron chi connectivity index (χ2n) is 10.1. The lowest BCUT2D eigenvalue weighted by atomic mass is 10.2. The van der Waals surface area contributed by atoms with E-state index in [9.17, 15) is 47.1 Å². The number of carbonyl (C=O) groups is 4. The van der Waals surface area contributed by atoms with Gasteiger partial charge < -0.3 is 15.4 Å². The Bertz CT molecular complexity index is 1590. The summed E-state index contributed by atoms with van der Waals surface area (Å²) in [5, 5.41) is 4.89. The molecule has 2 N–H and O–H groups in total. The van der Waals surface area contributed by atoms with Gasteiger partial charge >= 0.3 is 35.1 Å². The summed E-state index contributed by atoms with van der Waals surface area (Å²) in [7, 11) is 0.928. The number of ether oxygens (including phenoxy) is 1. The van der Waals surface area contributed by atoms with Gasteiger partial charge in [0.2, 0.25) is 17.5 Å². The number of carbonyl (C=O) groups excluding carboxylic acids is 4. The number of rotatable bonds is 11. The highest BCUT2D eigenvalue weighted by molar-refractivity contribution is 5.81. The zero-order valence-corrected chi connectivity index (χ0v) is 26.0. The van der Waals surface area contributed by atoms with E-state index in [1.54, 1.807) is 0 Å². The smallest absolute Gasteiger partial charge is 0.425 e. The van der Waals surface area contributed by atoms with Gasteiger partial charge in [0.25, 0.3) is 5.56 Å². The molecule has 0 fully saturated rings. The number of nitrogens with zero attached hydrogens (tertiary/aromatic N) is 4. The van der Waals surface area contributed by atoms with E-state index in [0.29, 0.717) is 41.0 Å². The number of unbranched alkanes of at least 4 members (excludes halogenated alkanes) is 6. The van der Waals surface area contributed by atoms with E-state index < -0.39 is 64.1 Å². The van der Waals surface area contributed by atoms with Crippen LogP contribution in [0.1, 0.15) is 83.9 Å². The molecule has 2 amide bonds. The standard InChI is InChI=1S/C15H22FN3O4.C13H18FN3O5/c1-4-5-6-7-8-17-14(22)18-9-11(16)13(21)19(15(18)23)12(20)10(2)3;1-3-4-5-6-7-15-11(19)16-8-9(14)10(18)17(12(16)20)13(21)22-2/h9-10H,4-8H2,1-3H3,(H,17,22);8H,3-7H2,1-2H3,(H,15,19). The van der Waals surface area contributed by atoms with Crippen LogP contribution in [0.2, 0.25) is 0 Å². The summed E-state index contributed by atoms with van der Waals surface area (Å²) < 4.78 is 32.2. The van der Waals surface area contributed by atoms with Crippen LogP contribution < -0.4 is 33.1 Å². The van der Waals surface area contributed by atoms with Crippen LogP contribution in [-0.4, -0.2) is 62.5 Å². The van der Waals surface area contributed by atoms with Crippen LogP contribution in [0, 0.1) is 17.6 Å². The molecule has 0 aromatic carbocycles. The third kappa shape index (κ3) is 10.8. The highest BCUT2D eigenvalue weighted by atomic mass is 19.1. The van der Waals surface area contributed by atoms with Crippen LogP contribution in [0.3, 0.4) is 0 Å². The first-order chi connectivity index (χ1) is 21.2. The van der Waals surface area contributed by atoms with Crippen molar-refractivity contribution in [1.29, 1.82) is 0 Å². The number of halogens is 2. The lowest BCUT2D eigenvalue weighted by Gasteiger charge is -2.11. The van der Waals surface area contributed by atoms with Gasteiger partial charge in [-0.05, 0) is 12.8 Å². The highest BCUT2D eigenvalue weighted by Gasteiger charge is 2.22. The van der Waals surface area contributed by atoms with Crippen molar-refractivity contribution in [3.05, 3.63) is 65.7 Å². The number of methoxy groups -OCH3 is 1. The fourth-order valence-corrected chi connectivity index (χ4v) is 3.71. The minimum atomic E-state index is -1.47. The maximum Gasteiger partial charge on any atom is 0.425 e. The molecule has 2 aromatic rings. The third-order valence-corrected chi connectivity index (χ3v) is 6.22. The molecule has 0 radical (unpaired) electrons. The molecule has 0 aliphatic heterocycles. The topological polar surface area (TPSA) is 190 Å². The van der Waals surface area contributed by atoms with Crippen molar-refractivity contribution in [2.24, 2.45) is 5.92 Å². The molecule has 2 aromatic heterocycles. The SMILES string of the molecule is CCCCCCNC(=O)n1cc(F)c(=O)n(C(=O)C(C)C)c1=O.CCCCCCNC(=O)n1cc(F)c(=O)n(C(=O)OC)c1=O. The van der Waals surface area contributed by atoms with Crippen molar-refractivity contribution in [1.82, 2.24) is 28.9 Å². The third-order valence-electron chi connectivity index (χ3n) is 6.22. The largest absolute Gasteiger partial charge is 0.452 e. The summed E-state index contributed by atoms with van der Waals surface area (Å²) in [6, 6.07) is -1.78. The molecule has 0 atom stereocenters. The van der Waals surface area contributed by atoms with Gasteiger partial charge in [-0.25, -0.2) is 33.1 Å². The van der Waals surface area contributed by atoms with E-state index in [1.165, 1.54) is 13.8 Å². The Kier molecular flexibility index (Phi) is 16.1. The molecular weight excluding hydrogens is 602 g/mol. The summed E-state index contributed by atoms with van der Waals surface area (Å²) in [6.45, 7) is 7.65. The lowest BCUT2D eigenvalue weighted by molar-refractivity contribution is 0.0841. The Hall–Kier alpha value is -4.70. The summed E-state index contributed by atoms with van der Waals surface area (Å²) in [5.74, 6) is -4.29. The minimum absolute atomic E-state index is 0.0774. The first-order valence-electron chi connectivity index (χ1n) is 14.5. The highest BCUT2D eigenvalue weighted by Crippen LogP contribution is 1.99. The van der Waals surface area contributed by atoms with Gasteiger partial charge in [-0.15, -0.1) is 0 Å². The van der Waals surface area contributed by atoms with Gasteiger partial charge in [0, 0.05) is 19.0 Å². The quantitative estimate of drug-likeness (QED) is 0.347. The first kappa shape index (κ1) is 38.3. The predicted octanol–water partition coefficient (Wildman–Crippen LogP) is 2.48. The molecule has 0 spiro atoms. The van der Waals surface area contributed by atoms with Gasteiger partial charge in [0.05, 0.1) is 19.5 Å². The number of amides is 2. The van der Waals surface area contributed by atoms with Crippen molar-refractivity contribution < 1.29 is 32.7 Å². The number of aromatic nitrogens is 4. The average molecular weight is 643 g/mol. The van der Waals surface area contributed by atoms with E-state index in [0.717, 1.165) is 52.1 Å². The molecule has 250 valence electrons. The maximum atomic E-state index is 13.7. The van der Waals surface area contributed by atoms with E-state index in [2.05, 4.69) is 22.3 Å². The average Bonchev–Trinajstić information content (AvgIpc) is 3.00. The lowest BCUT2D eigenvalue weighted by Crippen LogP contribution is -2.49. The first-order valence-corrected chi connectivity index (χ1v) is 14.5. The summed E-state index contributed by atoms with van der Waals surface area (Å²) in [4.78, 5) is 94.2. The van der Waals surface area contributed by atoms with Crippen molar-refractivity contribution >= 4 is 24.1 Å². The molecule has 0 aliphatic rings. The summed E-state index contributed by atoms with van der Waals surface area (Å²) >= 11 is 0. The molecule has 2 heterocycles. The van der Waals surface area contributed by atoms with Gasteiger partial charge in [-0.3, -0.25) is 14.4 Å². The monoisotopic (exact) mass is 642 g/mol. The molecule has 45 heavy (non-hydrogen) atoms.